The van der Waals surface area contributed by atoms with Gasteiger partial charge in [-0.1, -0.05) is 30.3 Å². The Labute approximate surface area is 107 Å². The van der Waals surface area contributed by atoms with Crippen molar-refractivity contribution in [3.05, 3.63) is 35.9 Å². The van der Waals surface area contributed by atoms with E-state index in [1.54, 1.807) is 0 Å². The van der Waals surface area contributed by atoms with E-state index in [4.69, 9.17) is 16.2 Å². The molecule has 98 valence electrons. The summed E-state index contributed by atoms with van der Waals surface area (Å²) in [6.07, 6.45) is 0. The minimum Gasteiger partial charge on any atom is -0.379 e. The maximum atomic E-state index is 5.43. The molecule has 1 saturated heterocycles. The number of ether oxygens (including phenoxy) is 1. The number of nitrogens with zero attached hydrogens (tertiary/aromatic N) is 2. The summed E-state index contributed by atoms with van der Waals surface area (Å²) >= 11 is 0. The minimum atomic E-state index is 0.143. The molecule has 5 heteroatoms. The van der Waals surface area contributed by atoms with Crippen LogP contribution in [0.5, 0.6) is 0 Å². The first-order valence-corrected chi connectivity index (χ1v) is 6.19. The first-order valence-electron chi connectivity index (χ1n) is 6.19. The smallest absolute Gasteiger partial charge is 0.185 e. The topological polar surface area (TPSA) is 76.9 Å². The Morgan fingerprint density at radius 3 is 2.50 bits per heavy atom. The van der Waals surface area contributed by atoms with Crippen LogP contribution in [0, 0.1) is 0 Å². The largest absolute Gasteiger partial charge is 0.379 e. The molecular formula is C13H20N4O. The Morgan fingerprint density at radius 1 is 1.22 bits per heavy atom. The van der Waals surface area contributed by atoms with E-state index in [1.807, 2.05) is 18.2 Å². The molecule has 4 N–H and O–H groups in total. The average Bonchev–Trinajstić information content (AvgIpc) is 2.41. The van der Waals surface area contributed by atoms with Gasteiger partial charge >= 0.3 is 0 Å². The lowest BCUT2D eigenvalue weighted by molar-refractivity contribution is 0.0180. The standard InChI is InChI=1S/C13H20N4O/c14-13(15)16-10-12(11-4-2-1-3-5-11)17-6-8-18-9-7-17/h1-5,12H,6-10H2,(H4,14,15,16). The van der Waals surface area contributed by atoms with Gasteiger partial charge in [0.2, 0.25) is 0 Å². The van der Waals surface area contributed by atoms with E-state index in [0.29, 0.717) is 6.54 Å². The summed E-state index contributed by atoms with van der Waals surface area (Å²) in [6, 6.07) is 10.5. The number of aliphatic imine (C=N–C) groups is 1. The summed E-state index contributed by atoms with van der Waals surface area (Å²) < 4.78 is 5.38. The van der Waals surface area contributed by atoms with Crippen molar-refractivity contribution in [2.75, 3.05) is 32.8 Å². The highest BCUT2D eigenvalue weighted by molar-refractivity contribution is 5.75. The van der Waals surface area contributed by atoms with Gasteiger partial charge in [0, 0.05) is 13.1 Å². The number of rotatable bonds is 4. The van der Waals surface area contributed by atoms with Gasteiger partial charge in [0.25, 0.3) is 0 Å². The van der Waals surface area contributed by atoms with Crippen LogP contribution in [-0.4, -0.2) is 43.7 Å². The molecule has 1 unspecified atom stereocenters. The predicted molar refractivity (Wildman–Crippen MR) is 72.3 cm³/mol. The quantitative estimate of drug-likeness (QED) is 0.595. The van der Waals surface area contributed by atoms with Gasteiger partial charge in [-0.05, 0) is 5.56 Å². The molecule has 0 spiro atoms. The van der Waals surface area contributed by atoms with Crippen molar-refractivity contribution in [3.8, 4) is 0 Å². The van der Waals surface area contributed by atoms with E-state index < -0.39 is 0 Å². The van der Waals surface area contributed by atoms with Crippen molar-refractivity contribution in [2.45, 2.75) is 6.04 Å². The van der Waals surface area contributed by atoms with Gasteiger partial charge in [-0.15, -0.1) is 0 Å². The van der Waals surface area contributed by atoms with E-state index in [2.05, 4.69) is 22.0 Å². The summed E-state index contributed by atoms with van der Waals surface area (Å²) in [4.78, 5) is 6.53. The minimum absolute atomic E-state index is 0.143. The first kappa shape index (κ1) is 12.9. The molecule has 1 fully saturated rings. The van der Waals surface area contributed by atoms with Crippen molar-refractivity contribution in [3.63, 3.8) is 0 Å². The second-order valence-corrected chi connectivity index (χ2v) is 4.34. The maximum Gasteiger partial charge on any atom is 0.185 e. The Hall–Kier alpha value is -1.59. The normalized spacial score (nSPS) is 18.2. The van der Waals surface area contributed by atoms with Gasteiger partial charge in [0.05, 0.1) is 25.8 Å². The Balaban J connectivity index is 2.14. The summed E-state index contributed by atoms with van der Waals surface area (Å²) in [5.41, 5.74) is 12.1. The van der Waals surface area contributed by atoms with Crippen LogP contribution in [0.4, 0.5) is 0 Å². The van der Waals surface area contributed by atoms with Crippen molar-refractivity contribution in [1.82, 2.24) is 4.90 Å². The molecule has 1 heterocycles. The lowest BCUT2D eigenvalue weighted by Gasteiger charge is -2.34. The average molecular weight is 248 g/mol. The fraction of sp³-hybridized carbons (Fsp3) is 0.462. The zero-order valence-electron chi connectivity index (χ0n) is 10.5. The summed E-state index contributed by atoms with van der Waals surface area (Å²) in [5, 5.41) is 0. The molecule has 1 atom stereocenters. The van der Waals surface area contributed by atoms with Crippen LogP contribution in [0.25, 0.3) is 0 Å². The molecule has 0 aromatic heterocycles. The monoisotopic (exact) mass is 248 g/mol. The number of guanidine groups is 1. The number of benzene rings is 1. The molecule has 1 aliphatic rings. The molecular weight excluding hydrogens is 228 g/mol. The SMILES string of the molecule is NC(N)=NCC(c1ccccc1)N1CCOCC1. The van der Waals surface area contributed by atoms with E-state index in [0.717, 1.165) is 26.3 Å². The molecule has 0 saturated carbocycles. The maximum absolute atomic E-state index is 5.43. The fourth-order valence-corrected chi connectivity index (χ4v) is 2.19. The highest BCUT2D eigenvalue weighted by Crippen LogP contribution is 2.21. The lowest BCUT2D eigenvalue weighted by Crippen LogP contribution is -2.40. The van der Waals surface area contributed by atoms with Crippen molar-refractivity contribution in [2.24, 2.45) is 16.5 Å². The predicted octanol–water partition coefficient (Wildman–Crippen LogP) is 0.333. The van der Waals surface area contributed by atoms with Crippen LogP contribution in [0.15, 0.2) is 35.3 Å². The van der Waals surface area contributed by atoms with Gasteiger partial charge in [0.1, 0.15) is 0 Å². The Bertz CT molecular complexity index is 383. The zero-order chi connectivity index (χ0) is 12.8. The molecule has 2 rings (SSSR count). The molecule has 0 bridgehead atoms. The number of hydrogen-bond donors (Lipinski definition) is 2. The fourth-order valence-electron chi connectivity index (χ4n) is 2.19. The van der Waals surface area contributed by atoms with E-state index >= 15 is 0 Å². The van der Waals surface area contributed by atoms with Crippen LogP contribution < -0.4 is 11.5 Å². The van der Waals surface area contributed by atoms with Gasteiger partial charge in [-0.25, -0.2) is 0 Å². The number of nitrogens with two attached hydrogens (primary N) is 2. The number of morpholine rings is 1. The summed E-state index contributed by atoms with van der Waals surface area (Å²) in [7, 11) is 0. The van der Waals surface area contributed by atoms with Crippen LogP contribution in [-0.2, 0) is 4.74 Å². The number of hydrogen-bond acceptors (Lipinski definition) is 3. The van der Waals surface area contributed by atoms with Crippen LogP contribution >= 0.6 is 0 Å². The van der Waals surface area contributed by atoms with Crippen molar-refractivity contribution >= 4 is 5.96 Å². The zero-order valence-corrected chi connectivity index (χ0v) is 10.5. The second kappa shape index (κ2) is 6.37. The molecule has 5 nitrogen and oxygen atoms in total. The highest BCUT2D eigenvalue weighted by atomic mass is 16.5. The molecule has 0 amide bonds. The molecule has 18 heavy (non-hydrogen) atoms. The third-order valence-electron chi connectivity index (χ3n) is 3.12. The van der Waals surface area contributed by atoms with Gasteiger partial charge in [-0.2, -0.15) is 0 Å². The third kappa shape index (κ3) is 3.45. The third-order valence-corrected chi connectivity index (χ3v) is 3.12. The second-order valence-electron chi connectivity index (χ2n) is 4.34. The first-order chi connectivity index (χ1) is 8.77. The van der Waals surface area contributed by atoms with E-state index in [9.17, 15) is 0 Å². The molecule has 0 radical (unpaired) electrons. The van der Waals surface area contributed by atoms with E-state index in [-0.39, 0.29) is 12.0 Å². The van der Waals surface area contributed by atoms with Crippen LogP contribution in [0.1, 0.15) is 11.6 Å². The Morgan fingerprint density at radius 2 is 1.89 bits per heavy atom. The molecule has 1 aromatic carbocycles. The van der Waals surface area contributed by atoms with Crippen molar-refractivity contribution < 1.29 is 4.74 Å². The molecule has 1 aromatic rings. The van der Waals surface area contributed by atoms with Gasteiger partial charge < -0.3 is 16.2 Å². The van der Waals surface area contributed by atoms with Crippen LogP contribution in [0.3, 0.4) is 0 Å². The summed E-state index contributed by atoms with van der Waals surface area (Å²) in [5.74, 6) is 0.143. The van der Waals surface area contributed by atoms with Crippen molar-refractivity contribution in [1.29, 1.82) is 0 Å². The Kier molecular flexibility index (Phi) is 4.55. The van der Waals surface area contributed by atoms with Gasteiger partial charge in [-0.3, -0.25) is 9.89 Å². The molecule has 1 aliphatic heterocycles. The molecule has 0 aliphatic carbocycles. The lowest BCUT2D eigenvalue weighted by atomic mass is 10.1. The van der Waals surface area contributed by atoms with Gasteiger partial charge in [0.15, 0.2) is 5.96 Å². The van der Waals surface area contributed by atoms with E-state index in [1.165, 1.54) is 5.56 Å². The highest BCUT2D eigenvalue weighted by Gasteiger charge is 2.22. The summed E-state index contributed by atoms with van der Waals surface area (Å²) in [6.45, 7) is 3.96. The van der Waals surface area contributed by atoms with Crippen LogP contribution in [0.2, 0.25) is 0 Å².